The molecule has 1 aliphatic rings. The molecule has 110 valence electrons. The van der Waals surface area contributed by atoms with Gasteiger partial charge in [-0.1, -0.05) is 30.4 Å². The molecule has 0 spiro atoms. The second-order valence-corrected chi connectivity index (χ2v) is 6.15. The first kappa shape index (κ1) is 14.7. The van der Waals surface area contributed by atoms with Gasteiger partial charge in [0.25, 0.3) is 0 Å². The standard InChI is InChI=1S/C15H15BrN2O2S/c1-19-8-11-13(16)15(21)18-14(17-11)10-6-9-4-2-3-5-12(9)20-7-10/h2-5,10H,6-8H2,1H3,(H,17,18,21). The molecule has 6 heteroatoms. The van der Waals surface area contributed by atoms with E-state index in [4.69, 9.17) is 21.7 Å². The molecule has 0 aliphatic carbocycles. The molecule has 1 unspecified atom stereocenters. The minimum absolute atomic E-state index is 0.172. The maximum absolute atomic E-state index is 5.82. The number of ether oxygens (including phenoxy) is 2. The fraction of sp³-hybridized carbons (Fsp3) is 0.333. The van der Waals surface area contributed by atoms with E-state index in [1.165, 1.54) is 5.56 Å². The zero-order valence-electron chi connectivity index (χ0n) is 11.6. The van der Waals surface area contributed by atoms with Crippen molar-refractivity contribution in [2.75, 3.05) is 13.7 Å². The van der Waals surface area contributed by atoms with E-state index >= 15 is 0 Å². The quantitative estimate of drug-likeness (QED) is 0.839. The zero-order chi connectivity index (χ0) is 14.8. The van der Waals surface area contributed by atoms with Gasteiger partial charge in [-0.25, -0.2) is 4.98 Å². The highest BCUT2D eigenvalue weighted by Crippen LogP contribution is 2.31. The van der Waals surface area contributed by atoms with Crippen LogP contribution in [0.15, 0.2) is 28.7 Å². The Hall–Kier alpha value is -1.24. The Morgan fingerprint density at radius 2 is 2.29 bits per heavy atom. The Balaban J connectivity index is 1.93. The smallest absolute Gasteiger partial charge is 0.144 e. The number of H-pyrrole nitrogens is 1. The number of hydrogen-bond donors (Lipinski definition) is 1. The van der Waals surface area contributed by atoms with E-state index in [-0.39, 0.29) is 5.92 Å². The van der Waals surface area contributed by atoms with Gasteiger partial charge in [-0.05, 0) is 34.0 Å². The topological polar surface area (TPSA) is 47.1 Å². The Labute approximate surface area is 136 Å². The zero-order valence-corrected chi connectivity index (χ0v) is 14.0. The molecule has 2 aromatic rings. The maximum Gasteiger partial charge on any atom is 0.144 e. The van der Waals surface area contributed by atoms with Crippen LogP contribution in [-0.2, 0) is 17.8 Å². The van der Waals surface area contributed by atoms with Crippen molar-refractivity contribution in [2.24, 2.45) is 0 Å². The number of nitrogens with zero attached hydrogens (tertiary/aromatic N) is 1. The molecule has 0 fully saturated rings. The molecule has 1 aromatic carbocycles. The molecule has 1 atom stereocenters. The van der Waals surface area contributed by atoms with Crippen molar-refractivity contribution >= 4 is 28.1 Å². The van der Waals surface area contributed by atoms with Crippen molar-refractivity contribution in [3.05, 3.63) is 50.5 Å². The van der Waals surface area contributed by atoms with E-state index in [0.717, 1.165) is 28.2 Å². The van der Waals surface area contributed by atoms with Crippen molar-refractivity contribution in [3.63, 3.8) is 0 Å². The van der Waals surface area contributed by atoms with Gasteiger partial charge in [-0.15, -0.1) is 0 Å². The molecule has 0 saturated heterocycles. The van der Waals surface area contributed by atoms with Crippen molar-refractivity contribution in [3.8, 4) is 5.75 Å². The Morgan fingerprint density at radius 3 is 3.10 bits per heavy atom. The van der Waals surface area contributed by atoms with Crippen molar-refractivity contribution in [1.82, 2.24) is 9.97 Å². The van der Waals surface area contributed by atoms with Crippen LogP contribution in [0.25, 0.3) is 0 Å². The fourth-order valence-corrected chi connectivity index (χ4v) is 2.99. The Bertz CT molecular complexity index is 717. The number of rotatable bonds is 3. The van der Waals surface area contributed by atoms with Gasteiger partial charge in [-0.2, -0.15) is 0 Å². The van der Waals surface area contributed by atoms with E-state index in [2.05, 4.69) is 32.0 Å². The third-order valence-corrected chi connectivity index (χ3v) is 4.92. The van der Waals surface area contributed by atoms with Gasteiger partial charge >= 0.3 is 0 Å². The first-order valence-electron chi connectivity index (χ1n) is 6.67. The third-order valence-electron chi connectivity index (χ3n) is 3.51. The molecule has 2 heterocycles. The summed E-state index contributed by atoms with van der Waals surface area (Å²) in [4.78, 5) is 7.81. The average molecular weight is 367 g/mol. The number of hydrogen-bond acceptors (Lipinski definition) is 4. The normalized spacial score (nSPS) is 17.1. The monoisotopic (exact) mass is 366 g/mol. The lowest BCUT2D eigenvalue weighted by molar-refractivity contribution is 0.180. The molecule has 1 N–H and O–H groups in total. The molecule has 1 aromatic heterocycles. The molecule has 4 nitrogen and oxygen atoms in total. The predicted molar refractivity (Wildman–Crippen MR) is 86.2 cm³/mol. The van der Waals surface area contributed by atoms with E-state index < -0.39 is 0 Å². The Kier molecular flexibility index (Phi) is 4.37. The van der Waals surface area contributed by atoms with Gasteiger partial charge in [0, 0.05) is 7.11 Å². The summed E-state index contributed by atoms with van der Waals surface area (Å²) < 4.78 is 12.4. The summed E-state index contributed by atoms with van der Waals surface area (Å²) >= 11 is 8.77. The van der Waals surface area contributed by atoms with Gasteiger partial charge < -0.3 is 14.5 Å². The lowest BCUT2D eigenvalue weighted by Gasteiger charge is -2.25. The molecule has 0 radical (unpaired) electrons. The molecule has 21 heavy (non-hydrogen) atoms. The SMILES string of the molecule is COCc1[nH]c(C2COc3ccccc3C2)nc(=S)c1Br. The van der Waals surface area contributed by atoms with Crippen molar-refractivity contribution in [2.45, 2.75) is 18.9 Å². The largest absolute Gasteiger partial charge is 0.493 e. The van der Waals surface area contributed by atoms with E-state index in [1.807, 2.05) is 18.2 Å². The second kappa shape index (κ2) is 6.25. The van der Waals surface area contributed by atoms with Crippen LogP contribution in [-0.4, -0.2) is 23.7 Å². The van der Waals surface area contributed by atoms with Crippen LogP contribution in [0.3, 0.4) is 0 Å². The number of nitrogens with one attached hydrogen (secondary N) is 1. The highest BCUT2D eigenvalue weighted by molar-refractivity contribution is 9.10. The molecule has 1 aliphatic heterocycles. The Morgan fingerprint density at radius 1 is 1.48 bits per heavy atom. The van der Waals surface area contributed by atoms with Crippen LogP contribution < -0.4 is 4.74 Å². The van der Waals surface area contributed by atoms with Gasteiger partial charge in [0.2, 0.25) is 0 Å². The van der Waals surface area contributed by atoms with E-state index in [9.17, 15) is 0 Å². The third kappa shape index (κ3) is 3.02. The van der Waals surface area contributed by atoms with Crippen LogP contribution in [0, 0.1) is 4.64 Å². The summed E-state index contributed by atoms with van der Waals surface area (Å²) in [5, 5.41) is 0. The number of fused-ring (bicyclic) bond motifs is 1. The molecule has 3 rings (SSSR count). The van der Waals surface area contributed by atoms with Crippen LogP contribution >= 0.6 is 28.1 Å². The van der Waals surface area contributed by atoms with Gasteiger partial charge in [0.05, 0.1) is 29.3 Å². The van der Waals surface area contributed by atoms with E-state index in [1.54, 1.807) is 7.11 Å². The van der Waals surface area contributed by atoms with Crippen molar-refractivity contribution < 1.29 is 9.47 Å². The number of aromatic amines is 1. The van der Waals surface area contributed by atoms with Crippen LogP contribution in [0.4, 0.5) is 0 Å². The number of halogens is 1. The molecule has 0 saturated carbocycles. The lowest BCUT2D eigenvalue weighted by atomic mass is 9.96. The second-order valence-electron chi connectivity index (χ2n) is 4.97. The number of aromatic nitrogens is 2. The lowest BCUT2D eigenvalue weighted by Crippen LogP contribution is -2.22. The van der Waals surface area contributed by atoms with Crippen LogP contribution in [0.2, 0.25) is 0 Å². The van der Waals surface area contributed by atoms with Crippen LogP contribution in [0.5, 0.6) is 5.75 Å². The van der Waals surface area contributed by atoms with Gasteiger partial charge in [0.1, 0.15) is 16.2 Å². The minimum atomic E-state index is 0.172. The number of para-hydroxylation sites is 1. The summed E-state index contributed by atoms with van der Waals surface area (Å²) in [6, 6.07) is 8.10. The highest BCUT2D eigenvalue weighted by atomic mass is 79.9. The summed E-state index contributed by atoms with van der Waals surface area (Å²) in [5.74, 6) is 1.98. The van der Waals surface area contributed by atoms with Gasteiger partial charge in [-0.3, -0.25) is 0 Å². The van der Waals surface area contributed by atoms with E-state index in [0.29, 0.717) is 17.9 Å². The minimum Gasteiger partial charge on any atom is -0.493 e. The molecular weight excluding hydrogens is 352 g/mol. The first-order valence-corrected chi connectivity index (χ1v) is 7.87. The van der Waals surface area contributed by atoms with Gasteiger partial charge in [0.15, 0.2) is 0 Å². The predicted octanol–water partition coefficient (Wildman–Crippen LogP) is 3.77. The summed E-state index contributed by atoms with van der Waals surface area (Å²) in [6.45, 7) is 1.06. The molecule has 0 bridgehead atoms. The summed E-state index contributed by atoms with van der Waals surface area (Å²) in [7, 11) is 1.66. The highest BCUT2D eigenvalue weighted by Gasteiger charge is 2.23. The number of benzene rings is 1. The van der Waals surface area contributed by atoms with Crippen molar-refractivity contribution in [1.29, 1.82) is 0 Å². The fourth-order valence-electron chi connectivity index (χ4n) is 2.47. The maximum atomic E-state index is 5.82. The average Bonchev–Trinajstić information content (AvgIpc) is 2.51. The summed E-state index contributed by atoms with van der Waals surface area (Å²) in [6.07, 6.45) is 0.891. The first-order chi connectivity index (χ1) is 10.2. The number of methoxy groups -OCH3 is 1. The summed E-state index contributed by atoms with van der Waals surface area (Å²) in [5.41, 5.74) is 2.11. The molecule has 0 amide bonds. The molecular formula is C15H15BrN2O2S. The van der Waals surface area contributed by atoms with Crippen LogP contribution in [0.1, 0.15) is 23.0 Å².